The van der Waals surface area contributed by atoms with Crippen LogP contribution in [0.2, 0.25) is 0 Å². The highest BCUT2D eigenvalue weighted by atomic mass is 35.5. The molecule has 150 valence electrons. The molecule has 0 radical (unpaired) electrons. The van der Waals surface area contributed by atoms with Gasteiger partial charge >= 0.3 is 0 Å². The summed E-state index contributed by atoms with van der Waals surface area (Å²) in [5.74, 6) is 0.00438. The van der Waals surface area contributed by atoms with Gasteiger partial charge < -0.3 is 20.3 Å². The number of ether oxygens (including phenoxy) is 1. The van der Waals surface area contributed by atoms with Gasteiger partial charge in [0.2, 0.25) is 5.91 Å². The fraction of sp³-hybridized carbons (Fsp3) is 0.600. The van der Waals surface area contributed by atoms with Crippen molar-refractivity contribution in [3.05, 3.63) is 29.8 Å². The second kappa shape index (κ2) is 10.6. The van der Waals surface area contributed by atoms with Crippen LogP contribution in [0, 0.1) is 0 Å². The Morgan fingerprint density at radius 1 is 1.19 bits per heavy atom. The molecule has 0 aromatic heterocycles. The largest absolute Gasteiger partial charge is 0.378 e. The zero-order chi connectivity index (χ0) is 18.4. The van der Waals surface area contributed by atoms with Crippen molar-refractivity contribution in [2.45, 2.75) is 50.6 Å². The fourth-order valence-electron chi connectivity index (χ4n) is 3.72. The van der Waals surface area contributed by atoms with Crippen molar-refractivity contribution in [2.75, 3.05) is 32.1 Å². The monoisotopic (exact) mass is 395 g/mol. The van der Waals surface area contributed by atoms with Crippen LogP contribution in [0.5, 0.6) is 0 Å². The number of carbonyl (C=O) groups excluding carboxylic acids is 2. The molecule has 2 fully saturated rings. The second-order valence-corrected chi connectivity index (χ2v) is 7.26. The molecule has 1 aliphatic carbocycles. The first kappa shape index (κ1) is 21.7. The first-order valence-electron chi connectivity index (χ1n) is 9.61. The summed E-state index contributed by atoms with van der Waals surface area (Å²) in [6, 6.07) is 7.59. The molecule has 6 nitrogen and oxygen atoms in total. The summed E-state index contributed by atoms with van der Waals surface area (Å²) in [5.41, 5.74) is 1.38. The van der Waals surface area contributed by atoms with Gasteiger partial charge in [-0.05, 0) is 37.1 Å². The van der Waals surface area contributed by atoms with Gasteiger partial charge in [0.15, 0.2) is 0 Å². The number of hydrogen-bond donors (Lipinski definition) is 2. The van der Waals surface area contributed by atoms with Crippen molar-refractivity contribution in [1.82, 2.24) is 10.2 Å². The summed E-state index contributed by atoms with van der Waals surface area (Å²) in [5, 5.41) is 6.16. The Balaban J connectivity index is 0.00000261. The molecule has 1 aliphatic heterocycles. The van der Waals surface area contributed by atoms with Crippen LogP contribution in [0.4, 0.5) is 5.69 Å². The molecule has 0 spiro atoms. The van der Waals surface area contributed by atoms with E-state index in [0.717, 1.165) is 19.4 Å². The normalized spacial score (nSPS) is 20.4. The molecule has 7 heteroatoms. The Bertz CT molecular complexity index is 611. The van der Waals surface area contributed by atoms with E-state index < -0.39 is 0 Å². The van der Waals surface area contributed by atoms with Gasteiger partial charge in [-0.25, -0.2) is 0 Å². The van der Waals surface area contributed by atoms with Crippen LogP contribution in [-0.4, -0.2) is 55.6 Å². The molecule has 2 N–H and O–H groups in total. The predicted molar refractivity (Wildman–Crippen MR) is 109 cm³/mol. The highest BCUT2D eigenvalue weighted by molar-refractivity contribution is 5.96. The topological polar surface area (TPSA) is 70.7 Å². The average molecular weight is 396 g/mol. The van der Waals surface area contributed by atoms with Gasteiger partial charge in [-0.1, -0.05) is 19.3 Å². The van der Waals surface area contributed by atoms with Crippen molar-refractivity contribution < 1.29 is 14.3 Å². The van der Waals surface area contributed by atoms with E-state index in [2.05, 4.69) is 10.6 Å². The molecule has 1 saturated carbocycles. The van der Waals surface area contributed by atoms with Crippen LogP contribution in [0.15, 0.2) is 24.3 Å². The van der Waals surface area contributed by atoms with Crippen molar-refractivity contribution in [1.29, 1.82) is 0 Å². The highest BCUT2D eigenvalue weighted by Crippen LogP contribution is 2.23. The Morgan fingerprint density at radius 2 is 1.89 bits per heavy atom. The zero-order valence-electron chi connectivity index (χ0n) is 15.9. The van der Waals surface area contributed by atoms with Crippen molar-refractivity contribution in [2.24, 2.45) is 0 Å². The maximum absolute atomic E-state index is 12.7. The minimum Gasteiger partial charge on any atom is -0.378 e. The number of benzene rings is 1. The summed E-state index contributed by atoms with van der Waals surface area (Å²) in [6.45, 7) is 2.04. The van der Waals surface area contributed by atoms with Crippen LogP contribution in [0.1, 0.15) is 48.9 Å². The van der Waals surface area contributed by atoms with Crippen LogP contribution in [0.3, 0.4) is 0 Å². The first-order valence-corrected chi connectivity index (χ1v) is 9.61. The van der Waals surface area contributed by atoms with Gasteiger partial charge in [0.25, 0.3) is 5.91 Å². The quantitative estimate of drug-likeness (QED) is 0.804. The number of carbonyl (C=O) groups is 2. The number of amides is 2. The first-order chi connectivity index (χ1) is 12.6. The van der Waals surface area contributed by atoms with E-state index in [0.29, 0.717) is 36.9 Å². The molecule has 1 aromatic carbocycles. The van der Waals surface area contributed by atoms with E-state index in [-0.39, 0.29) is 30.3 Å². The lowest BCUT2D eigenvalue weighted by Crippen LogP contribution is -2.43. The molecule has 27 heavy (non-hydrogen) atoms. The SMILES string of the molecule is CN(C(=O)c1ccc(NC(=O)CC2COCCN2)cc1)C1CCCCC1.Cl. The van der Waals surface area contributed by atoms with Gasteiger partial charge in [0, 0.05) is 43.3 Å². The number of rotatable bonds is 5. The third kappa shape index (κ3) is 6.19. The van der Waals surface area contributed by atoms with Crippen LogP contribution >= 0.6 is 12.4 Å². The molecule has 1 atom stereocenters. The summed E-state index contributed by atoms with van der Waals surface area (Å²) < 4.78 is 5.36. The van der Waals surface area contributed by atoms with Crippen LogP contribution < -0.4 is 10.6 Å². The van der Waals surface area contributed by atoms with E-state index in [1.807, 2.05) is 11.9 Å². The summed E-state index contributed by atoms with van der Waals surface area (Å²) in [7, 11) is 1.90. The summed E-state index contributed by atoms with van der Waals surface area (Å²) in [4.78, 5) is 26.7. The van der Waals surface area contributed by atoms with E-state index in [1.165, 1.54) is 19.3 Å². The predicted octanol–water partition coefficient (Wildman–Crippen LogP) is 2.83. The van der Waals surface area contributed by atoms with Gasteiger partial charge in [0.05, 0.1) is 13.2 Å². The van der Waals surface area contributed by atoms with E-state index in [9.17, 15) is 9.59 Å². The van der Waals surface area contributed by atoms with E-state index in [4.69, 9.17) is 4.74 Å². The summed E-state index contributed by atoms with van der Waals surface area (Å²) in [6.07, 6.45) is 6.24. The molecular formula is C20H30ClN3O3. The Morgan fingerprint density at radius 3 is 2.52 bits per heavy atom. The number of hydrogen-bond acceptors (Lipinski definition) is 4. The Labute approximate surface area is 167 Å². The lowest BCUT2D eigenvalue weighted by atomic mass is 9.94. The Hall–Kier alpha value is -1.63. The number of anilines is 1. The third-order valence-corrected chi connectivity index (χ3v) is 5.29. The van der Waals surface area contributed by atoms with Crippen LogP contribution in [0.25, 0.3) is 0 Å². The van der Waals surface area contributed by atoms with Crippen molar-refractivity contribution in [3.63, 3.8) is 0 Å². The third-order valence-electron chi connectivity index (χ3n) is 5.29. The van der Waals surface area contributed by atoms with Crippen molar-refractivity contribution >= 4 is 29.9 Å². The molecule has 2 amide bonds. The lowest BCUT2D eigenvalue weighted by Gasteiger charge is -2.31. The minimum atomic E-state index is -0.0496. The van der Waals surface area contributed by atoms with Gasteiger partial charge in [-0.3, -0.25) is 9.59 Å². The molecule has 3 rings (SSSR count). The minimum absolute atomic E-state index is 0. The smallest absolute Gasteiger partial charge is 0.253 e. The number of nitrogens with one attached hydrogen (secondary N) is 2. The lowest BCUT2D eigenvalue weighted by molar-refractivity contribution is -0.117. The maximum Gasteiger partial charge on any atom is 0.253 e. The average Bonchev–Trinajstić information content (AvgIpc) is 2.69. The van der Waals surface area contributed by atoms with E-state index >= 15 is 0 Å². The van der Waals surface area contributed by atoms with Crippen molar-refractivity contribution in [3.8, 4) is 0 Å². The number of nitrogens with zero attached hydrogens (tertiary/aromatic N) is 1. The number of halogens is 1. The zero-order valence-corrected chi connectivity index (χ0v) is 16.7. The van der Waals surface area contributed by atoms with Gasteiger partial charge in [0.1, 0.15) is 0 Å². The Kier molecular flexibility index (Phi) is 8.54. The molecule has 1 aromatic rings. The molecule has 0 bridgehead atoms. The summed E-state index contributed by atoms with van der Waals surface area (Å²) >= 11 is 0. The number of morpholine rings is 1. The molecular weight excluding hydrogens is 366 g/mol. The molecule has 2 aliphatic rings. The molecule has 1 heterocycles. The van der Waals surface area contributed by atoms with Gasteiger partial charge in [-0.2, -0.15) is 0 Å². The van der Waals surface area contributed by atoms with E-state index in [1.54, 1.807) is 24.3 Å². The van der Waals surface area contributed by atoms with Crippen LogP contribution in [-0.2, 0) is 9.53 Å². The highest BCUT2D eigenvalue weighted by Gasteiger charge is 2.23. The fourth-order valence-corrected chi connectivity index (χ4v) is 3.72. The molecule has 1 saturated heterocycles. The molecule has 1 unspecified atom stereocenters. The second-order valence-electron chi connectivity index (χ2n) is 7.26. The standard InChI is InChI=1S/C20H29N3O3.ClH/c1-23(18-5-3-2-4-6-18)20(25)15-7-9-16(10-8-15)22-19(24)13-17-14-26-12-11-21-17;/h7-10,17-18,21H,2-6,11-14H2,1H3,(H,22,24);1H. The van der Waals surface area contributed by atoms with Gasteiger partial charge in [-0.15, -0.1) is 12.4 Å². The maximum atomic E-state index is 12.7.